The molecule has 0 bridgehead atoms. The Hall–Kier alpha value is -0.680. The van der Waals surface area contributed by atoms with Gasteiger partial charge in [-0.05, 0) is 48.0 Å². The monoisotopic (exact) mass is 233 g/mol. The SMILES string of the molecule is FC(F)(F)Sc1ccc2c(c1)CCNC2. The van der Waals surface area contributed by atoms with Gasteiger partial charge in [0.15, 0.2) is 0 Å². The number of nitrogens with one attached hydrogen (secondary N) is 1. The van der Waals surface area contributed by atoms with Gasteiger partial charge in [-0.3, -0.25) is 0 Å². The Kier molecular flexibility index (Phi) is 2.93. The Morgan fingerprint density at radius 2 is 2.00 bits per heavy atom. The second kappa shape index (κ2) is 4.06. The third kappa shape index (κ3) is 2.89. The summed E-state index contributed by atoms with van der Waals surface area (Å²) in [7, 11) is 0. The van der Waals surface area contributed by atoms with E-state index in [0.29, 0.717) is 0 Å². The molecule has 2 rings (SSSR count). The van der Waals surface area contributed by atoms with E-state index in [1.54, 1.807) is 12.1 Å². The van der Waals surface area contributed by atoms with E-state index in [9.17, 15) is 13.2 Å². The predicted octanol–water partition coefficient (Wildman–Crippen LogP) is 2.94. The van der Waals surface area contributed by atoms with Crippen molar-refractivity contribution in [2.45, 2.75) is 23.4 Å². The molecule has 1 aliphatic rings. The summed E-state index contributed by atoms with van der Waals surface area (Å²) in [6, 6.07) is 4.95. The Morgan fingerprint density at radius 1 is 1.20 bits per heavy atom. The first-order valence-electron chi connectivity index (χ1n) is 4.63. The molecule has 0 saturated carbocycles. The van der Waals surface area contributed by atoms with Crippen LogP contribution in [-0.2, 0) is 13.0 Å². The summed E-state index contributed by atoms with van der Waals surface area (Å²) in [5.41, 5.74) is -2.06. The van der Waals surface area contributed by atoms with E-state index in [1.165, 1.54) is 6.07 Å². The Morgan fingerprint density at radius 3 is 2.73 bits per heavy atom. The zero-order valence-corrected chi connectivity index (χ0v) is 8.71. The van der Waals surface area contributed by atoms with Gasteiger partial charge in [0.25, 0.3) is 0 Å². The van der Waals surface area contributed by atoms with Crippen LogP contribution in [0.3, 0.4) is 0 Å². The van der Waals surface area contributed by atoms with Gasteiger partial charge in [-0.15, -0.1) is 0 Å². The number of rotatable bonds is 1. The van der Waals surface area contributed by atoms with E-state index in [2.05, 4.69) is 5.32 Å². The maximum Gasteiger partial charge on any atom is 0.446 e. The molecule has 1 heterocycles. The van der Waals surface area contributed by atoms with Crippen LogP contribution in [0.4, 0.5) is 13.2 Å². The van der Waals surface area contributed by atoms with E-state index in [0.717, 1.165) is 30.6 Å². The third-order valence-electron chi connectivity index (χ3n) is 2.30. The number of hydrogen-bond donors (Lipinski definition) is 1. The van der Waals surface area contributed by atoms with Crippen molar-refractivity contribution in [1.29, 1.82) is 0 Å². The second-order valence-electron chi connectivity index (χ2n) is 3.41. The minimum atomic E-state index is -4.19. The first kappa shape index (κ1) is 10.8. The van der Waals surface area contributed by atoms with E-state index >= 15 is 0 Å². The van der Waals surface area contributed by atoms with Gasteiger partial charge in [-0.2, -0.15) is 13.2 Å². The van der Waals surface area contributed by atoms with Gasteiger partial charge in [0.05, 0.1) is 0 Å². The van der Waals surface area contributed by atoms with E-state index in [-0.39, 0.29) is 16.7 Å². The number of fused-ring (bicyclic) bond motifs is 1. The topological polar surface area (TPSA) is 12.0 Å². The molecule has 0 saturated heterocycles. The van der Waals surface area contributed by atoms with Gasteiger partial charge >= 0.3 is 5.51 Å². The number of halogens is 3. The van der Waals surface area contributed by atoms with Crippen molar-refractivity contribution in [2.24, 2.45) is 0 Å². The van der Waals surface area contributed by atoms with Gasteiger partial charge in [0, 0.05) is 11.4 Å². The molecule has 0 fully saturated rings. The second-order valence-corrected chi connectivity index (χ2v) is 4.54. The first-order chi connectivity index (χ1) is 7.04. The fourth-order valence-corrected chi connectivity index (χ4v) is 2.26. The largest absolute Gasteiger partial charge is 0.446 e. The summed E-state index contributed by atoms with van der Waals surface area (Å²) in [4.78, 5) is 0.281. The molecule has 15 heavy (non-hydrogen) atoms. The lowest BCUT2D eigenvalue weighted by Gasteiger charge is -2.17. The lowest BCUT2D eigenvalue weighted by atomic mass is 10.0. The highest BCUT2D eigenvalue weighted by Crippen LogP contribution is 2.37. The molecule has 0 amide bonds. The van der Waals surface area contributed by atoms with Crippen molar-refractivity contribution in [3.05, 3.63) is 29.3 Å². The van der Waals surface area contributed by atoms with Crippen molar-refractivity contribution < 1.29 is 13.2 Å². The highest BCUT2D eigenvalue weighted by molar-refractivity contribution is 8.00. The lowest BCUT2D eigenvalue weighted by Crippen LogP contribution is -2.23. The summed E-state index contributed by atoms with van der Waals surface area (Å²) < 4.78 is 36.4. The van der Waals surface area contributed by atoms with E-state index < -0.39 is 5.51 Å². The Balaban J connectivity index is 2.21. The molecule has 1 aromatic rings. The average Bonchev–Trinajstić information content (AvgIpc) is 2.15. The maximum absolute atomic E-state index is 12.1. The smallest absolute Gasteiger partial charge is 0.312 e. The highest BCUT2D eigenvalue weighted by atomic mass is 32.2. The van der Waals surface area contributed by atoms with Crippen LogP contribution in [0.15, 0.2) is 23.1 Å². The molecular weight excluding hydrogens is 223 g/mol. The molecule has 1 aliphatic heterocycles. The molecule has 0 radical (unpaired) electrons. The van der Waals surface area contributed by atoms with Crippen LogP contribution in [0.1, 0.15) is 11.1 Å². The van der Waals surface area contributed by atoms with E-state index in [4.69, 9.17) is 0 Å². The molecular formula is C10H10F3NS. The maximum atomic E-state index is 12.1. The van der Waals surface area contributed by atoms with Gasteiger partial charge < -0.3 is 5.32 Å². The predicted molar refractivity (Wildman–Crippen MR) is 53.8 cm³/mol. The minimum Gasteiger partial charge on any atom is -0.312 e. The standard InChI is InChI=1S/C10H10F3NS/c11-10(12,13)15-9-2-1-8-6-14-4-3-7(8)5-9/h1-2,5,14H,3-4,6H2. The third-order valence-corrected chi connectivity index (χ3v) is 3.02. The quantitative estimate of drug-likeness (QED) is 0.748. The molecule has 0 aromatic heterocycles. The zero-order chi connectivity index (χ0) is 10.9. The number of alkyl halides is 3. The van der Waals surface area contributed by atoms with Crippen LogP contribution in [0.25, 0.3) is 0 Å². The fraction of sp³-hybridized carbons (Fsp3) is 0.400. The van der Waals surface area contributed by atoms with Gasteiger partial charge in [-0.25, -0.2) is 0 Å². The Bertz CT molecular complexity index is 362. The van der Waals surface area contributed by atoms with Crippen LogP contribution in [-0.4, -0.2) is 12.1 Å². The summed E-state index contributed by atoms with van der Waals surface area (Å²) in [5, 5.41) is 3.18. The van der Waals surface area contributed by atoms with Crippen molar-refractivity contribution in [3.63, 3.8) is 0 Å². The van der Waals surface area contributed by atoms with Crippen molar-refractivity contribution >= 4 is 11.8 Å². The normalized spacial score (nSPS) is 16.2. The van der Waals surface area contributed by atoms with Crippen LogP contribution in [0.2, 0.25) is 0 Å². The number of hydrogen-bond acceptors (Lipinski definition) is 2. The number of thioether (sulfide) groups is 1. The average molecular weight is 233 g/mol. The Labute approximate surface area is 90.1 Å². The summed E-state index contributed by atoms with van der Waals surface area (Å²) in [5.74, 6) is 0. The molecule has 1 aromatic carbocycles. The molecule has 0 unspecified atom stereocenters. The fourth-order valence-electron chi connectivity index (χ4n) is 1.65. The molecule has 0 atom stereocenters. The molecule has 1 N–H and O–H groups in total. The van der Waals surface area contributed by atoms with E-state index in [1.807, 2.05) is 0 Å². The molecule has 5 heteroatoms. The number of benzene rings is 1. The molecule has 0 spiro atoms. The van der Waals surface area contributed by atoms with Crippen LogP contribution >= 0.6 is 11.8 Å². The van der Waals surface area contributed by atoms with Crippen molar-refractivity contribution in [3.8, 4) is 0 Å². The van der Waals surface area contributed by atoms with Gasteiger partial charge in [-0.1, -0.05) is 6.07 Å². The van der Waals surface area contributed by atoms with Gasteiger partial charge in [0.1, 0.15) is 0 Å². The summed E-state index contributed by atoms with van der Waals surface area (Å²) >= 11 is -0.0468. The lowest BCUT2D eigenvalue weighted by molar-refractivity contribution is -0.0328. The molecule has 1 nitrogen and oxygen atoms in total. The van der Waals surface area contributed by atoms with Crippen molar-refractivity contribution in [2.75, 3.05) is 6.54 Å². The first-order valence-corrected chi connectivity index (χ1v) is 5.44. The van der Waals surface area contributed by atoms with Crippen LogP contribution in [0.5, 0.6) is 0 Å². The molecule has 0 aliphatic carbocycles. The van der Waals surface area contributed by atoms with Crippen LogP contribution in [0, 0.1) is 0 Å². The van der Waals surface area contributed by atoms with Crippen LogP contribution < -0.4 is 5.32 Å². The van der Waals surface area contributed by atoms with Crippen molar-refractivity contribution in [1.82, 2.24) is 5.32 Å². The highest BCUT2D eigenvalue weighted by Gasteiger charge is 2.29. The molecule has 82 valence electrons. The van der Waals surface area contributed by atoms with Gasteiger partial charge in [0.2, 0.25) is 0 Å². The summed E-state index contributed by atoms with van der Waals surface area (Å²) in [6.45, 7) is 1.60. The minimum absolute atomic E-state index is 0.0468. The zero-order valence-electron chi connectivity index (χ0n) is 7.90. The summed E-state index contributed by atoms with van der Waals surface area (Å²) in [6.07, 6.45) is 0.807.